The maximum atomic E-state index is 12.7. The van der Waals surface area contributed by atoms with Crippen LogP contribution in [0, 0.1) is 6.92 Å². The molecule has 1 heterocycles. The summed E-state index contributed by atoms with van der Waals surface area (Å²) in [6.07, 6.45) is 0. The van der Waals surface area contributed by atoms with Gasteiger partial charge >= 0.3 is 0 Å². The highest BCUT2D eigenvalue weighted by atomic mass is 35.5. The molecule has 0 spiro atoms. The van der Waals surface area contributed by atoms with Crippen LogP contribution in [0.25, 0.3) is 0 Å². The van der Waals surface area contributed by atoms with Gasteiger partial charge in [0, 0.05) is 18.0 Å². The van der Waals surface area contributed by atoms with Crippen LogP contribution >= 0.6 is 22.9 Å². The maximum Gasteiger partial charge on any atom is 0.243 e. The van der Waals surface area contributed by atoms with Crippen LogP contribution in [0.1, 0.15) is 17.4 Å². The van der Waals surface area contributed by atoms with Crippen LogP contribution in [-0.2, 0) is 16.6 Å². The van der Waals surface area contributed by atoms with Crippen LogP contribution < -0.4 is 0 Å². The molecular formula is C14H16ClNO2S2. The Balaban J connectivity index is 2.33. The first-order chi connectivity index (χ1) is 9.45. The lowest BCUT2D eigenvalue weighted by Crippen LogP contribution is -2.30. The first kappa shape index (κ1) is 15.5. The zero-order chi connectivity index (χ0) is 14.8. The second kappa shape index (κ2) is 6.26. The topological polar surface area (TPSA) is 37.4 Å². The molecule has 0 atom stereocenters. The number of thiophene rings is 1. The average Bonchev–Trinajstić information content (AvgIpc) is 2.81. The zero-order valence-electron chi connectivity index (χ0n) is 11.3. The summed E-state index contributed by atoms with van der Waals surface area (Å²) >= 11 is 7.30. The van der Waals surface area contributed by atoms with Crippen molar-refractivity contribution in [1.29, 1.82) is 0 Å². The minimum atomic E-state index is -3.47. The van der Waals surface area contributed by atoms with Gasteiger partial charge in [0.25, 0.3) is 0 Å². The summed E-state index contributed by atoms with van der Waals surface area (Å²) in [6, 6.07) is 10.7. The fourth-order valence-corrected chi connectivity index (χ4v) is 4.80. The number of hydrogen-bond acceptors (Lipinski definition) is 3. The van der Waals surface area contributed by atoms with Gasteiger partial charge in [0.15, 0.2) is 0 Å². The molecule has 0 radical (unpaired) electrons. The van der Waals surface area contributed by atoms with E-state index in [-0.39, 0.29) is 0 Å². The number of hydrogen-bond donors (Lipinski definition) is 0. The van der Waals surface area contributed by atoms with E-state index in [0.717, 1.165) is 10.4 Å². The summed E-state index contributed by atoms with van der Waals surface area (Å²) < 4.78 is 27.5. The van der Waals surface area contributed by atoms with Crippen molar-refractivity contribution in [1.82, 2.24) is 4.31 Å². The third-order valence-corrected chi connectivity index (χ3v) is 6.32. The number of rotatable bonds is 5. The number of sulfonamides is 1. The van der Waals surface area contributed by atoms with Crippen molar-refractivity contribution in [2.24, 2.45) is 0 Å². The first-order valence-electron chi connectivity index (χ1n) is 6.25. The summed E-state index contributed by atoms with van der Waals surface area (Å²) in [5.41, 5.74) is 0.759. The molecule has 1 aromatic carbocycles. The molecule has 3 nitrogen and oxygen atoms in total. The van der Waals surface area contributed by atoms with E-state index in [1.165, 1.54) is 15.6 Å². The molecule has 0 N–H and O–H groups in total. The van der Waals surface area contributed by atoms with E-state index < -0.39 is 10.0 Å². The van der Waals surface area contributed by atoms with Gasteiger partial charge in [-0.2, -0.15) is 4.31 Å². The first-order valence-corrected chi connectivity index (χ1v) is 8.88. The Morgan fingerprint density at radius 2 is 1.90 bits per heavy atom. The predicted octanol–water partition coefficient (Wildman–Crippen LogP) is 3.92. The molecular weight excluding hydrogens is 314 g/mol. The van der Waals surface area contributed by atoms with Crippen molar-refractivity contribution < 1.29 is 8.42 Å². The van der Waals surface area contributed by atoms with E-state index in [2.05, 4.69) is 0 Å². The van der Waals surface area contributed by atoms with Crippen LogP contribution in [0.3, 0.4) is 0 Å². The maximum absolute atomic E-state index is 12.7. The molecule has 108 valence electrons. The van der Waals surface area contributed by atoms with Gasteiger partial charge in [-0.3, -0.25) is 0 Å². The Morgan fingerprint density at radius 3 is 2.45 bits per heavy atom. The van der Waals surface area contributed by atoms with Gasteiger partial charge in [-0.05, 0) is 30.7 Å². The van der Waals surface area contributed by atoms with Crippen LogP contribution in [0.5, 0.6) is 0 Å². The van der Waals surface area contributed by atoms with Crippen molar-refractivity contribution in [3.05, 3.63) is 51.2 Å². The van der Waals surface area contributed by atoms with E-state index in [1.54, 1.807) is 18.2 Å². The lowest BCUT2D eigenvalue weighted by atomic mass is 10.2. The highest BCUT2D eigenvalue weighted by Crippen LogP contribution is 2.26. The molecule has 0 bridgehead atoms. The average molecular weight is 330 g/mol. The molecule has 0 unspecified atom stereocenters. The number of aryl methyl sites for hydroxylation is 1. The minimum absolute atomic E-state index is 0.352. The highest BCUT2D eigenvalue weighted by molar-refractivity contribution is 7.89. The Bertz CT molecular complexity index is 695. The molecule has 0 aliphatic heterocycles. The summed E-state index contributed by atoms with van der Waals surface area (Å²) in [6.45, 7) is 4.42. The fraction of sp³-hybridized carbons (Fsp3) is 0.286. The van der Waals surface area contributed by atoms with Crippen molar-refractivity contribution >= 4 is 33.0 Å². The summed E-state index contributed by atoms with van der Waals surface area (Å²) in [7, 11) is -3.47. The number of benzene rings is 1. The van der Waals surface area contributed by atoms with E-state index in [0.29, 0.717) is 22.3 Å². The fourth-order valence-electron chi connectivity index (χ4n) is 1.96. The number of nitrogens with zero attached hydrogens (tertiary/aromatic N) is 1. The SMILES string of the molecule is CCN(Cc1ccc(Cl)s1)S(=O)(=O)c1ccccc1C. The Hall–Kier alpha value is -0.880. The molecule has 6 heteroatoms. The molecule has 0 saturated carbocycles. The van der Waals surface area contributed by atoms with E-state index in [9.17, 15) is 8.42 Å². The molecule has 1 aromatic heterocycles. The molecule has 0 amide bonds. The van der Waals surface area contributed by atoms with E-state index >= 15 is 0 Å². The van der Waals surface area contributed by atoms with Crippen molar-refractivity contribution in [2.45, 2.75) is 25.3 Å². The summed E-state index contributed by atoms with van der Waals surface area (Å²) in [5, 5.41) is 0. The molecule has 0 saturated heterocycles. The smallest absolute Gasteiger partial charge is 0.207 e. The van der Waals surface area contributed by atoms with Crippen molar-refractivity contribution in [3.8, 4) is 0 Å². The minimum Gasteiger partial charge on any atom is -0.207 e. The van der Waals surface area contributed by atoms with Crippen molar-refractivity contribution in [2.75, 3.05) is 6.54 Å². The molecule has 0 fully saturated rings. The Morgan fingerprint density at radius 1 is 1.20 bits per heavy atom. The van der Waals surface area contributed by atoms with Crippen LogP contribution in [0.4, 0.5) is 0 Å². The van der Waals surface area contributed by atoms with Gasteiger partial charge < -0.3 is 0 Å². The van der Waals surface area contributed by atoms with Gasteiger partial charge in [-0.15, -0.1) is 11.3 Å². The molecule has 2 rings (SSSR count). The van der Waals surface area contributed by atoms with Crippen LogP contribution in [0.2, 0.25) is 4.34 Å². The largest absolute Gasteiger partial charge is 0.243 e. The van der Waals surface area contributed by atoms with Gasteiger partial charge in [0.1, 0.15) is 0 Å². The zero-order valence-corrected chi connectivity index (χ0v) is 13.7. The Labute approximate surface area is 128 Å². The predicted molar refractivity (Wildman–Crippen MR) is 83.8 cm³/mol. The van der Waals surface area contributed by atoms with E-state index in [4.69, 9.17) is 11.6 Å². The monoisotopic (exact) mass is 329 g/mol. The number of halogens is 1. The molecule has 0 aliphatic rings. The van der Waals surface area contributed by atoms with Gasteiger partial charge in [0.05, 0.1) is 9.23 Å². The quantitative estimate of drug-likeness (QED) is 0.833. The second-order valence-corrected chi connectivity index (χ2v) is 8.11. The third-order valence-electron chi connectivity index (χ3n) is 3.03. The molecule has 20 heavy (non-hydrogen) atoms. The van der Waals surface area contributed by atoms with Crippen molar-refractivity contribution in [3.63, 3.8) is 0 Å². The lowest BCUT2D eigenvalue weighted by molar-refractivity contribution is 0.426. The lowest BCUT2D eigenvalue weighted by Gasteiger charge is -2.20. The highest BCUT2D eigenvalue weighted by Gasteiger charge is 2.25. The van der Waals surface area contributed by atoms with Gasteiger partial charge in [-0.1, -0.05) is 36.7 Å². The summed E-state index contributed by atoms with van der Waals surface area (Å²) in [5.74, 6) is 0. The van der Waals surface area contributed by atoms with Gasteiger partial charge in [0.2, 0.25) is 10.0 Å². The summed E-state index contributed by atoms with van der Waals surface area (Å²) in [4.78, 5) is 1.30. The van der Waals surface area contributed by atoms with Crippen LogP contribution in [0.15, 0.2) is 41.3 Å². The Kier molecular flexibility index (Phi) is 4.86. The third kappa shape index (κ3) is 3.23. The van der Waals surface area contributed by atoms with Gasteiger partial charge in [-0.25, -0.2) is 8.42 Å². The van der Waals surface area contributed by atoms with E-state index in [1.807, 2.05) is 32.0 Å². The van der Waals surface area contributed by atoms with Crippen LogP contribution in [-0.4, -0.2) is 19.3 Å². The molecule has 0 aliphatic carbocycles. The second-order valence-electron chi connectivity index (χ2n) is 4.40. The standard InChI is InChI=1S/C14H16ClNO2S2/c1-3-16(10-12-8-9-14(15)19-12)20(17,18)13-7-5-4-6-11(13)2/h4-9H,3,10H2,1-2H3. The molecule has 2 aromatic rings. The normalized spacial score (nSPS) is 12.0.